The van der Waals surface area contributed by atoms with Gasteiger partial charge in [-0.05, 0) is 11.6 Å². The molecule has 14 heavy (non-hydrogen) atoms. The van der Waals surface area contributed by atoms with Crippen LogP contribution in [0, 0.1) is 10.1 Å². The van der Waals surface area contributed by atoms with Crippen molar-refractivity contribution in [2.45, 2.75) is 6.10 Å². The van der Waals surface area contributed by atoms with E-state index in [9.17, 15) is 10.1 Å². The Labute approximate surface area is 82.5 Å². The summed E-state index contributed by atoms with van der Waals surface area (Å²) in [6.45, 7) is 0.637. The fourth-order valence-electron chi connectivity index (χ4n) is 1.22. The maximum absolute atomic E-state index is 10.7. The monoisotopic (exact) mass is 213 g/mol. The van der Waals surface area contributed by atoms with Crippen LogP contribution in [0.25, 0.3) is 0 Å². The van der Waals surface area contributed by atoms with Gasteiger partial charge in [-0.1, -0.05) is 6.07 Å². The lowest BCUT2D eigenvalue weighted by Gasteiger charge is -2.02. The van der Waals surface area contributed by atoms with Crippen molar-refractivity contribution in [3.63, 3.8) is 0 Å². The van der Waals surface area contributed by atoms with Crippen molar-refractivity contribution in [2.24, 2.45) is 0 Å². The Balaban J connectivity index is 2.40. The summed E-state index contributed by atoms with van der Waals surface area (Å²) in [5.74, 6) is 0.240. The van der Waals surface area contributed by atoms with Gasteiger partial charge in [-0.15, -0.1) is 0 Å². The first-order valence-corrected chi connectivity index (χ1v) is 4.46. The van der Waals surface area contributed by atoms with Gasteiger partial charge < -0.3 is 9.26 Å². The van der Waals surface area contributed by atoms with Crippen LogP contribution in [0.5, 0.6) is 5.75 Å². The van der Waals surface area contributed by atoms with Crippen LogP contribution in [-0.4, -0.2) is 11.5 Å². The molecule has 0 saturated carbocycles. The van der Waals surface area contributed by atoms with E-state index in [2.05, 4.69) is 0 Å². The summed E-state index contributed by atoms with van der Waals surface area (Å²) in [7, 11) is 1.99. The molecule has 5 nitrogen and oxygen atoms in total. The molecular weight excluding hydrogens is 205 g/mol. The molecule has 0 aliphatic carbocycles. The summed E-state index contributed by atoms with van der Waals surface area (Å²) < 4.78 is 9.83. The van der Waals surface area contributed by atoms with Crippen molar-refractivity contribution < 1.29 is 14.2 Å². The van der Waals surface area contributed by atoms with Crippen LogP contribution in [0.4, 0.5) is 5.69 Å². The molecule has 74 valence electrons. The first-order valence-electron chi connectivity index (χ1n) is 3.99. The number of nitrogens with zero attached hydrogens (tertiary/aromatic N) is 1. The van der Waals surface area contributed by atoms with Crippen LogP contribution >= 0.6 is 9.47 Å². The lowest BCUT2D eigenvalue weighted by atomic mass is 10.1. The number of epoxide rings is 1. The van der Waals surface area contributed by atoms with Crippen molar-refractivity contribution in [1.29, 1.82) is 0 Å². The van der Waals surface area contributed by atoms with E-state index in [-0.39, 0.29) is 17.5 Å². The van der Waals surface area contributed by atoms with E-state index < -0.39 is 4.92 Å². The maximum Gasteiger partial charge on any atom is 0.311 e. The van der Waals surface area contributed by atoms with Gasteiger partial charge in [0.05, 0.1) is 21.0 Å². The highest BCUT2D eigenvalue weighted by molar-refractivity contribution is 7.10. The molecule has 0 amide bonds. The molecule has 0 bridgehead atoms. The van der Waals surface area contributed by atoms with Crippen LogP contribution in [0.15, 0.2) is 18.2 Å². The number of ether oxygens (including phenoxy) is 1. The first-order chi connectivity index (χ1) is 6.72. The van der Waals surface area contributed by atoms with E-state index in [0.29, 0.717) is 6.61 Å². The highest BCUT2D eigenvalue weighted by Crippen LogP contribution is 2.36. The van der Waals surface area contributed by atoms with E-state index in [1.165, 1.54) is 6.07 Å². The molecule has 2 rings (SSSR count). The van der Waals surface area contributed by atoms with Crippen molar-refractivity contribution in [3.05, 3.63) is 33.9 Å². The number of nitro groups is 1. The van der Waals surface area contributed by atoms with Gasteiger partial charge in [0, 0.05) is 6.07 Å². The number of rotatable bonds is 3. The Morgan fingerprint density at radius 3 is 2.86 bits per heavy atom. The quantitative estimate of drug-likeness (QED) is 0.332. The average molecular weight is 213 g/mol. The van der Waals surface area contributed by atoms with Crippen LogP contribution in [0.1, 0.15) is 11.7 Å². The van der Waals surface area contributed by atoms with Crippen LogP contribution in [0.2, 0.25) is 0 Å². The predicted molar refractivity (Wildman–Crippen MR) is 52.1 cm³/mol. The summed E-state index contributed by atoms with van der Waals surface area (Å²) in [5.41, 5.74) is 0.788. The van der Waals surface area contributed by atoms with Gasteiger partial charge in [-0.25, -0.2) is 0 Å². The van der Waals surface area contributed by atoms with E-state index in [1.54, 1.807) is 12.1 Å². The highest BCUT2D eigenvalue weighted by Gasteiger charge is 2.27. The molecule has 1 heterocycles. The Morgan fingerprint density at radius 2 is 2.36 bits per heavy atom. The Hall–Kier alpha value is -1.19. The summed E-state index contributed by atoms with van der Waals surface area (Å²) in [6, 6.07) is 4.82. The molecule has 0 N–H and O–H groups in total. The Bertz CT molecular complexity index is 378. The van der Waals surface area contributed by atoms with Gasteiger partial charge in [0.25, 0.3) is 0 Å². The zero-order chi connectivity index (χ0) is 10.1. The Kier molecular flexibility index (Phi) is 2.35. The standard InChI is InChI=1S/C8H8NO4P/c10-9(11)6-3-5(8-4-12-8)1-2-7(6)13-14/h1-3,8H,4,14H2/t8-/m0/s1. The van der Waals surface area contributed by atoms with Gasteiger partial charge in [-0.2, -0.15) is 0 Å². The normalized spacial score (nSPS) is 19.1. The average Bonchev–Trinajstić information content (AvgIpc) is 3.00. The minimum Gasteiger partial charge on any atom is -0.473 e. The number of benzene rings is 1. The largest absolute Gasteiger partial charge is 0.473 e. The van der Waals surface area contributed by atoms with Gasteiger partial charge >= 0.3 is 5.69 Å². The zero-order valence-corrected chi connectivity index (χ0v) is 8.33. The second kappa shape index (κ2) is 3.52. The summed E-state index contributed by atoms with van der Waals surface area (Å²) in [6.07, 6.45) is 0.0206. The van der Waals surface area contributed by atoms with E-state index in [0.717, 1.165) is 5.56 Å². The van der Waals surface area contributed by atoms with Gasteiger partial charge in [0.1, 0.15) is 6.10 Å². The lowest BCUT2D eigenvalue weighted by Crippen LogP contribution is -1.92. The molecule has 1 unspecified atom stereocenters. The minimum absolute atomic E-state index is 0.0206. The van der Waals surface area contributed by atoms with E-state index in [4.69, 9.17) is 9.26 Å². The van der Waals surface area contributed by atoms with Gasteiger partial charge in [0.2, 0.25) is 0 Å². The fraction of sp³-hybridized carbons (Fsp3) is 0.250. The van der Waals surface area contributed by atoms with Crippen molar-refractivity contribution in [3.8, 4) is 5.75 Å². The maximum atomic E-state index is 10.7. The molecule has 2 atom stereocenters. The SMILES string of the molecule is O=[N+]([O-])c1cc([C@@H]2CO2)ccc1OP. The summed E-state index contributed by atoms with van der Waals surface area (Å²) in [4.78, 5) is 10.2. The molecule has 0 aromatic heterocycles. The molecule has 1 aliphatic rings. The molecule has 1 aromatic rings. The third-order valence-corrected chi connectivity index (χ3v) is 2.27. The molecule has 0 radical (unpaired) electrons. The topological polar surface area (TPSA) is 64.9 Å². The first kappa shape index (κ1) is 9.37. The molecule has 1 aliphatic heterocycles. The molecular formula is C8H8NO4P. The second-order valence-electron chi connectivity index (χ2n) is 2.92. The van der Waals surface area contributed by atoms with Crippen molar-refractivity contribution in [2.75, 3.05) is 6.61 Å². The fourth-order valence-corrected chi connectivity index (χ4v) is 1.42. The Morgan fingerprint density at radius 1 is 1.64 bits per heavy atom. The number of hydrogen-bond acceptors (Lipinski definition) is 4. The highest BCUT2D eigenvalue weighted by atomic mass is 31.0. The molecule has 6 heteroatoms. The van der Waals surface area contributed by atoms with Crippen LogP contribution in [0.3, 0.4) is 0 Å². The molecule has 1 fully saturated rings. The zero-order valence-electron chi connectivity index (χ0n) is 7.17. The van der Waals surface area contributed by atoms with Crippen LogP contribution < -0.4 is 4.52 Å². The third kappa shape index (κ3) is 1.69. The second-order valence-corrected chi connectivity index (χ2v) is 3.16. The lowest BCUT2D eigenvalue weighted by molar-refractivity contribution is -0.385. The van der Waals surface area contributed by atoms with E-state index >= 15 is 0 Å². The van der Waals surface area contributed by atoms with Gasteiger partial charge in [-0.3, -0.25) is 10.1 Å². The molecule has 0 spiro atoms. The molecule has 1 aromatic carbocycles. The van der Waals surface area contributed by atoms with Gasteiger partial charge in [0.15, 0.2) is 5.75 Å². The van der Waals surface area contributed by atoms with Crippen molar-refractivity contribution in [1.82, 2.24) is 0 Å². The minimum atomic E-state index is -0.467. The summed E-state index contributed by atoms with van der Waals surface area (Å²) in [5, 5.41) is 10.7. The predicted octanol–water partition coefficient (Wildman–Crippen LogP) is 1.83. The van der Waals surface area contributed by atoms with E-state index in [1.807, 2.05) is 9.47 Å². The van der Waals surface area contributed by atoms with Crippen LogP contribution in [-0.2, 0) is 4.74 Å². The summed E-state index contributed by atoms with van der Waals surface area (Å²) >= 11 is 0. The third-order valence-electron chi connectivity index (χ3n) is 2.01. The smallest absolute Gasteiger partial charge is 0.311 e. The molecule has 1 saturated heterocycles. The number of nitro benzene ring substituents is 1. The number of hydrogen-bond donors (Lipinski definition) is 0. The van der Waals surface area contributed by atoms with Crippen molar-refractivity contribution >= 4 is 15.2 Å².